The van der Waals surface area contributed by atoms with Gasteiger partial charge in [0, 0.05) is 6.20 Å². The van der Waals surface area contributed by atoms with E-state index in [1.54, 1.807) is 18.3 Å². The Hall–Kier alpha value is -1.42. The molecule has 4 heteroatoms. The van der Waals surface area contributed by atoms with Crippen LogP contribution in [0.4, 0.5) is 0 Å². The van der Waals surface area contributed by atoms with E-state index in [1.807, 2.05) is 20.8 Å². The van der Waals surface area contributed by atoms with Gasteiger partial charge >= 0.3 is 0 Å². The summed E-state index contributed by atoms with van der Waals surface area (Å²) >= 11 is 0. The molecule has 1 N–H and O–H groups in total. The van der Waals surface area contributed by atoms with Crippen molar-refractivity contribution in [1.82, 2.24) is 10.3 Å². The molecule has 1 atom stereocenters. The molecule has 2 rings (SSSR count). The molecule has 0 aromatic carbocycles. The van der Waals surface area contributed by atoms with Gasteiger partial charge in [-0.25, -0.2) is 0 Å². The maximum atomic E-state index is 11.5. The largest absolute Gasteiger partial charge is 0.347 e. The summed E-state index contributed by atoms with van der Waals surface area (Å²) in [6.07, 6.45) is 1.24. The van der Waals surface area contributed by atoms with Crippen molar-refractivity contribution in [3.8, 4) is 0 Å². The molecule has 4 nitrogen and oxygen atoms in total. The molecule has 2 heterocycles. The second-order valence-corrected chi connectivity index (χ2v) is 4.52. The Balaban J connectivity index is 2.29. The predicted octanol–water partition coefficient (Wildman–Crippen LogP) is 1.64. The zero-order valence-corrected chi connectivity index (χ0v) is 9.07. The molecule has 1 aromatic heterocycles. The summed E-state index contributed by atoms with van der Waals surface area (Å²) in [4.78, 5) is 15.7. The van der Waals surface area contributed by atoms with Gasteiger partial charge in [0.15, 0.2) is 6.23 Å². The van der Waals surface area contributed by atoms with Crippen molar-refractivity contribution in [3.05, 3.63) is 29.6 Å². The third kappa shape index (κ3) is 1.99. The molecule has 0 spiro atoms. The Morgan fingerprint density at radius 3 is 2.87 bits per heavy atom. The normalized spacial score (nSPS) is 19.9. The third-order valence-corrected chi connectivity index (χ3v) is 2.07. The minimum absolute atomic E-state index is 0.118. The Kier molecular flexibility index (Phi) is 2.23. The van der Waals surface area contributed by atoms with Crippen molar-refractivity contribution in [1.29, 1.82) is 0 Å². The van der Waals surface area contributed by atoms with Gasteiger partial charge in [-0.05, 0) is 32.9 Å². The lowest BCUT2D eigenvalue weighted by Gasteiger charge is -2.24. The summed E-state index contributed by atoms with van der Waals surface area (Å²) in [6, 6.07) is 3.50. The van der Waals surface area contributed by atoms with Crippen LogP contribution in [0, 0.1) is 0 Å². The fourth-order valence-electron chi connectivity index (χ4n) is 1.52. The molecule has 1 unspecified atom stereocenters. The van der Waals surface area contributed by atoms with Crippen molar-refractivity contribution in [2.45, 2.75) is 32.6 Å². The first-order chi connectivity index (χ1) is 6.97. The highest BCUT2D eigenvalue weighted by atomic mass is 16.5. The average molecular weight is 206 g/mol. The minimum atomic E-state index is -0.423. The second kappa shape index (κ2) is 3.31. The van der Waals surface area contributed by atoms with Gasteiger partial charge in [0.05, 0.1) is 11.2 Å². The first-order valence-electron chi connectivity index (χ1n) is 4.91. The lowest BCUT2D eigenvalue weighted by molar-refractivity contribution is -0.0705. The number of carbonyl (C=O) groups is 1. The highest BCUT2D eigenvalue weighted by Gasteiger charge is 2.32. The monoisotopic (exact) mass is 206 g/mol. The zero-order valence-electron chi connectivity index (χ0n) is 9.07. The number of amides is 1. The molecule has 15 heavy (non-hydrogen) atoms. The summed E-state index contributed by atoms with van der Waals surface area (Å²) in [7, 11) is 0. The molecule has 0 saturated heterocycles. The van der Waals surface area contributed by atoms with Gasteiger partial charge in [0.25, 0.3) is 5.91 Å². The number of aromatic nitrogens is 1. The summed E-state index contributed by atoms with van der Waals surface area (Å²) in [5.41, 5.74) is 0.973. The number of fused-ring (bicyclic) bond motifs is 1. The molecule has 0 bridgehead atoms. The van der Waals surface area contributed by atoms with Crippen molar-refractivity contribution in [2.75, 3.05) is 0 Å². The van der Waals surface area contributed by atoms with Crippen LogP contribution in [0.1, 0.15) is 43.1 Å². The molecule has 0 fully saturated rings. The van der Waals surface area contributed by atoms with Gasteiger partial charge in [-0.15, -0.1) is 0 Å². The van der Waals surface area contributed by atoms with Crippen LogP contribution in [-0.2, 0) is 4.74 Å². The summed E-state index contributed by atoms with van der Waals surface area (Å²) in [6.45, 7) is 5.83. The first-order valence-corrected chi connectivity index (χ1v) is 4.91. The van der Waals surface area contributed by atoms with E-state index in [9.17, 15) is 4.79 Å². The fraction of sp³-hybridized carbons (Fsp3) is 0.455. The number of hydrogen-bond acceptors (Lipinski definition) is 3. The standard InChI is InChI=1S/C11H14N2O2/c1-11(2,3)15-10-8-7(9(14)13-10)5-4-6-12-8/h4-6,10H,1-3H3,(H,13,14). The number of pyridine rings is 1. The zero-order chi connectivity index (χ0) is 11.1. The highest BCUT2D eigenvalue weighted by molar-refractivity contribution is 5.98. The molecule has 1 aliphatic heterocycles. The smallest absolute Gasteiger partial charge is 0.255 e. The molecule has 80 valence electrons. The van der Waals surface area contributed by atoms with Gasteiger partial charge in [-0.3, -0.25) is 9.78 Å². The van der Waals surface area contributed by atoms with E-state index < -0.39 is 6.23 Å². The highest BCUT2D eigenvalue weighted by Crippen LogP contribution is 2.27. The van der Waals surface area contributed by atoms with Gasteiger partial charge in [-0.1, -0.05) is 0 Å². The Bertz CT molecular complexity index is 396. The van der Waals surface area contributed by atoms with E-state index in [-0.39, 0.29) is 11.5 Å². The van der Waals surface area contributed by atoms with Crippen LogP contribution in [0.25, 0.3) is 0 Å². The Morgan fingerprint density at radius 1 is 1.47 bits per heavy atom. The van der Waals surface area contributed by atoms with Gasteiger partial charge in [0.2, 0.25) is 0 Å². The molecule has 1 amide bonds. The second-order valence-electron chi connectivity index (χ2n) is 4.52. The first kappa shape index (κ1) is 10.1. The van der Waals surface area contributed by atoms with Crippen molar-refractivity contribution >= 4 is 5.91 Å². The van der Waals surface area contributed by atoms with E-state index in [1.165, 1.54) is 0 Å². The summed E-state index contributed by atoms with van der Waals surface area (Å²) in [5, 5.41) is 2.75. The lowest BCUT2D eigenvalue weighted by Crippen LogP contribution is -2.29. The van der Waals surface area contributed by atoms with Crippen LogP contribution in [0.15, 0.2) is 18.3 Å². The number of hydrogen-bond donors (Lipinski definition) is 1. The van der Waals surface area contributed by atoms with Crippen molar-refractivity contribution in [3.63, 3.8) is 0 Å². The van der Waals surface area contributed by atoms with Gasteiger partial charge in [0.1, 0.15) is 5.69 Å². The van der Waals surface area contributed by atoms with E-state index >= 15 is 0 Å². The Morgan fingerprint density at radius 2 is 2.20 bits per heavy atom. The molecular formula is C11H14N2O2. The minimum Gasteiger partial charge on any atom is -0.347 e. The quantitative estimate of drug-likeness (QED) is 0.760. The number of rotatable bonds is 1. The number of carbonyl (C=O) groups excluding carboxylic acids is 1. The van der Waals surface area contributed by atoms with Gasteiger partial charge in [-0.2, -0.15) is 0 Å². The molecule has 1 aromatic rings. The predicted molar refractivity (Wildman–Crippen MR) is 55.3 cm³/mol. The molecule has 0 radical (unpaired) electrons. The maximum absolute atomic E-state index is 11.5. The number of ether oxygens (including phenoxy) is 1. The average Bonchev–Trinajstić information content (AvgIpc) is 2.42. The van der Waals surface area contributed by atoms with Gasteiger partial charge < -0.3 is 10.1 Å². The van der Waals surface area contributed by atoms with Crippen molar-refractivity contribution < 1.29 is 9.53 Å². The van der Waals surface area contributed by atoms with E-state index in [2.05, 4.69) is 10.3 Å². The summed E-state index contributed by atoms with van der Waals surface area (Å²) < 4.78 is 5.70. The molecule has 1 aliphatic rings. The van der Waals surface area contributed by atoms with E-state index in [0.29, 0.717) is 11.3 Å². The van der Waals surface area contributed by atoms with Crippen LogP contribution >= 0.6 is 0 Å². The van der Waals surface area contributed by atoms with Crippen LogP contribution in [0.3, 0.4) is 0 Å². The third-order valence-electron chi connectivity index (χ3n) is 2.07. The lowest BCUT2D eigenvalue weighted by atomic mass is 10.2. The number of nitrogens with one attached hydrogen (secondary N) is 1. The fourth-order valence-corrected chi connectivity index (χ4v) is 1.52. The maximum Gasteiger partial charge on any atom is 0.255 e. The van der Waals surface area contributed by atoms with E-state index in [0.717, 1.165) is 0 Å². The van der Waals surface area contributed by atoms with Crippen LogP contribution in [0.5, 0.6) is 0 Å². The Labute approximate surface area is 88.7 Å². The van der Waals surface area contributed by atoms with E-state index in [4.69, 9.17) is 4.74 Å². The van der Waals surface area contributed by atoms with Crippen LogP contribution in [0.2, 0.25) is 0 Å². The number of nitrogens with zero attached hydrogens (tertiary/aromatic N) is 1. The topological polar surface area (TPSA) is 51.2 Å². The SMILES string of the molecule is CC(C)(C)OC1NC(=O)c2cccnc21. The van der Waals surface area contributed by atoms with Crippen molar-refractivity contribution in [2.24, 2.45) is 0 Å². The summed E-state index contributed by atoms with van der Waals surface area (Å²) in [5.74, 6) is -0.118. The van der Waals surface area contributed by atoms with Crippen LogP contribution in [-0.4, -0.2) is 16.5 Å². The molecular weight excluding hydrogens is 192 g/mol. The molecule has 0 aliphatic carbocycles. The molecule has 0 saturated carbocycles. The van der Waals surface area contributed by atoms with Crippen LogP contribution < -0.4 is 5.32 Å².